The third-order valence-corrected chi connectivity index (χ3v) is 4.97. The Morgan fingerprint density at radius 1 is 1.00 bits per heavy atom. The summed E-state index contributed by atoms with van der Waals surface area (Å²) in [5, 5.41) is 3.43. The molecule has 1 N–H and O–H groups in total. The highest BCUT2D eigenvalue weighted by Gasteiger charge is 2.28. The Morgan fingerprint density at radius 3 is 2.18 bits per heavy atom. The van der Waals surface area contributed by atoms with Gasteiger partial charge in [-0.05, 0) is 64.6 Å². The van der Waals surface area contributed by atoms with E-state index in [4.69, 9.17) is 0 Å². The van der Waals surface area contributed by atoms with Gasteiger partial charge in [0.25, 0.3) is 0 Å². The van der Waals surface area contributed by atoms with Crippen LogP contribution in [0.2, 0.25) is 0 Å². The molecular formula is C15H30N2. The third-order valence-electron chi connectivity index (χ3n) is 4.97. The molecule has 2 nitrogen and oxygen atoms in total. The lowest BCUT2D eigenvalue weighted by Crippen LogP contribution is -2.45. The van der Waals surface area contributed by atoms with E-state index in [1.807, 2.05) is 0 Å². The van der Waals surface area contributed by atoms with Crippen molar-refractivity contribution >= 4 is 0 Å². The van der Waals surface area contributed by atoms with Gasteiger partial charge in [0, 0.05) is 12.1 Å². The number of hydrogen-bond acceptors (Lipinski definition) is 2. The Hall–Kier alpha value is -0.0800. The van der Waals surface area contributed by atoms with Crippen LogP contribution in [0.25, 0.3) is 0 Å². The Morgan fingerprint density at radius 2 is 1.65 bits per heavy atom. The summed E-state index contributed by atoms with van der Waals surface area (Å²) >= 11 is 0. The fourth-order valence-electron chi connectivity index (χ4n) is 3.74. The number of hydrogen-bond donors (Lipinski definition) is 1. The van der Waals surface area contributed by atoms with Crippen molar-refractivity contribution in [2.24, 2.45) is 5.92 Å². The van der Waals surface area contributed by atoms with Crippen LogP contribution in [0.4, 0.5) is 0 Å². The molecule has 0 amide bonds. The van der Waals surface area contributed by atoms with Crippen molar-refractivity contribution in [1.82, 2.24) is 10.2 Å². The van der Waals surface area contributed by atoms with Crippen molar-refractivity contribution in [2.45, 2.75) is 70.4 Å². The van der Waals surface area contributed by atoms with E-state index in [-0.39, 0.29) is 0 Å². The van der Waals surface area contributed by atoms with Crippen molar-refractivity contribution < 1.29 is 0 Å². The van der Waals surface area contributed by atoms with Crippen LogP contribution in [0.3, 0.4) is 0 Å². The minimum absolute atomic E-state index is 0.795. The lowest BCUT2D eigenvalue weighted by atomic mass is 9.87. The molecule has 0 atom stereocenters. The summed E-state index contributed by atoms with van der Waals surface area (Å²) in [6, 6.07) is 1.70. The molecule has 2 rings (SSSR count). The summed E-state index contributed by atoms with van der Waals surface area (Å²) in [6.45, 7) is 5.07. The smallest absolute Gasteiger partial charge is 0.00964 e. The number of likely N-dealkylation sites (tertiary alicyclic amines) is 1. The highest BCUT2D eigenvalue weighted by atomic mass is 15.2. The van der Waals surface area contributed by atoms with Gasteiger partial charge in [0.15, 0.2) is 0 Å². The lowest BCUT2D eigenvalue weighted by Gasteiger charge is -2.40. The van der Waals surface area contributed by atoms with Crippen LogP contribution in [-0.4, -0.2) is 37.1 Å². The van der Waals surface area contributed by atoms with Gasteiger partial charge in [-0.1, -0.05) is 19.8 Å². The van der Waals surface area contributed by atoms with Crippen LogP contribution in [0, 0.1) is 5.92 Å². The summed E-state index contributed by atoms with van der Waals surface area (Å²) < 4.78 is 0. The molecule has 0 spiro atoms. The average Bonchev–Trinajstić information content (AvgIpc) is 2.40. The van der Waals surface area contributed by atoms with Gasteiger partial charge in [-0.3, -0.25) is 0 Å². The van der Waals surface area contributed by atoms with E-state index < -0.39 is 0 Å². The Bertz CT molecular complexity index is 201. The summed E-state index contributed by atoms with van der Waals surface area (Å²) in [5.74, 6) is 1.03. The van der Waals surface area contributed by atoms with E-state index in [2.05, 4.69) is 24.2 Å². The van der Waals surface area contributed by atoms with Crippen molar-refractivity contribution in [3.8, 4) is 0 Å². The zero-order chi connectivity index (χ0) is 12.1. The molecular weight excluding hydrogens is 208 g/mol. The van der Waals surface area contributed by atoms with Gasteiger partial charge >= 0.3 is 0 Å². The second-order valence-corrected chi connectivity index (χ2v) is 6.06. The summed E-state index contributed by atoms with van der Waals surface area (Å²) in [7, 11) is 2.11. The number of piperidine rings is 1. The average molecular weight is 238 g/mol. The summed E-state index contributed by atoms with van der Waals surface area (Å²) in [6.07, 6.45) is 11.4. The quantitative estimate of drug-likeness (QED) is 0.810. The first-order valence-electron chi connectivity index (χ1n) is 7.74. The maximum Gasteiger partial charge on any atom is 0.00964 e. The third kappa shape index (κ3) is 3.69. The van der Waals surface area contributed by atoms with Crippen molar-refractivity contribution in [3.05, 3.63) is 0 Å². The van der Waals surface area contributed by atoms with E-state index in [0.29, 0.717) is 0 Å². The van der Waals surface area contributed by atoms with Crippen molar-refractivity contribution in [2.75, 3.05) is 20.1 Å². The molecule has 0 aromatic carbocycles. The van der Waals surface area contributed by atoms with Crippen molar-refractivity contribution in [3.63, 3.8) is 0 Å². The Kier molecular flexibility index (Phi) is 5.30. The zero-order valence-electron chi connectivity index (χ0n) is 11.8. The van der Waals surface area contributed by atoms with E-state index in [1.165, 1.54) is 64.5 Å². The molecule has 1 saturated carbocycles. The molecule has 17 heavy (non-hydrogen) atoms. The highest BCUT2D eigenvalue weighted by Crippen LogP contribution is 2.28. The number of nitrogens with zero attached hydrogens (tertiary/aromatic N) is 1. The van der Waals surface area contributed by atoms with Crippen LogP contribution in [0.5, 0.6) is 0 Å². The molecule has 1 heterocycles. The molecule has 100 valence electrons. The van der Waals surface area contributed by atoms with E-state index in [1.54, 1.807) is 0 Å². The maximum absolute atomic E-state index is 3.43. The molecule has 1 saturated heterocycles. The van der Waals surface area contributed by atoms with Gasteiger partial charge in [0.2, 0.25) is 0 Å². The van der Waals surface area contributed by atoms with Gasteiger partial charge < -0.3 is 10.2 Å². The first-order chi connectivity index (χ1) is 8.33. The zero-order valence-corrected chi connectivity index (χ0v) is 11.8. The lowest BCUT2D eigenvalue weighted by molar-refractivity contribution is 0.0977. The van der Waals surface area contributed by atoms with Gasteiger partial charge in [-0.25, -0.2) is 0 Å². The summed E-state index contributed by atoms with van der Waals surface area (Å²) in [4.78, 5) is 2.79. The predicted octanol–water partition coefficient (Wildman–Crippen LogP) is 3.03. The molecule has 1 aliphatic heterocycles. The first kappa shape index (κ1) is 13.4. The predicted molar refractivity (Wildman–Crippen MR) is 74.3 cm³/mol. The van der Waals surface area contributed by atoms with Crippen LogP contribution < -0.4 is 5.32 Å². The SMILES string of the molecule is CCCC1CCN(C2CCC(NC)CC2)CC1. The van der Waals surface area contributed by atoms with E-state index in [0.717, 1.165) is 18.0 Å². The Balaban J connectivity index is 1.70. The molecule has 0 aromatic rings. The van der Waals surface area contributed by atoms with Gasteiger partial charge in [-0.2, -0.15) is 0 Å². The van der Waals surface area contributed by atoms with Gasteiger partial charge in [0.05, 0.1) is 0 Å². The molecule has 0 aromatic heterocycles. The van der Waals surface area contributed by atoms with Crippen LogP contribution in [0.15, 0.2) is 0 Å². The fourth-order valence-corrected chi connectivity index (χ4v) is 3.74. The minimum Gasteiger partial charge on any atom is -0.317 e. The second kappa shape index (κ2) is 6.75. The van der Waals surface area contributed by atoms with Crippen molar-refractivity contribution in [1.29, 1.82) is 0 Å². The Labute approximate surface area is 107 Å². The number of nitrogens with one attached hydrogen (secondary N) is 1. The van der Waals surface area contributed by atoms with E-state index in [9.17, 15) is 0 Å². The van der Waals surface area contributed by atoms with E-state index >= 15 is 0 Å². The monoisotopic (exact) mass is 238 g/mol. The van der Waals surface area contributed by atoms with Crippen LogP contribution in [0.1, 0.15) is 58.3 Å². The molecule has 0 radical (unpaired) electrons. The maximum atomic E-state index is 3.43. The fraction of sp³-hybridized carbons (Fsp3) is 1.00. The van der Waals surface area contributed by atoms with Gasteiger partial charge in [0.1, 0.15) is 0 Å². The highest BCUT2D eigenvalue weighted by molar-refractivity contribution is 4.84. The second-order valence-electron chi connectivity index (χ2n) is 6.06. The standard InChI is InChI=1S/C15H30N2/c1-3-4-13-9-11-17(12-10-13)15-7-5-14(16-2)6-8-15/h13-16H,3-12H2,1-2H3. The molecule has 0 bridgehead atoms. The summed E-state index contributed by atoms with van der Waals surface area (Å²) in [5.41, 5.74) is 0. The largest absolute Gasteiger partial charge is 0.317 e. The minimum atomic E-state index is 0.795. The normalized spacial score (nSPS) is 32.8. The molecule has 0 unspecified atom stereocenters. The van der Waals surface area contributed by atoms with Crippen LogP contribution in [-0.2, 0) is 0 Å². The molecule has 2 fully saturated rings. The topological polar surface area (TPSA) is 15.3 Å². The van der Waals surface area contributed by atoms with Gasteiger partial charge in [-0.15, -0.1) is 0 Å². The first-order valence-corrected chi connectivity index (χ1v) is 7.74. The van der Waals surface area contributed by atoms with Crippen LogP contribution >= 0.6 is 0 Å². The molecule has 1 aliphatic carbocycles. The number of rotatable bonds is 4. The molecule has 2 aliphatic rings. The molecule has 2 heteroatoms.